The normalized spacial score (nSPS) is 18.9. The van der Waals surface area contributed by atoms with Crippen LogP contribution in [0.15, 0.2) is 24.3 Å². The van der Waals surface area contributed by atoms with E-state index in [1.165, 1.54) is 12.0 Å². The molecule has 0 spiro atoms. The molecule has 3 rings (SSSR count). The van der Waals surface area contributed by atoms with Crippen LogP contribution in [-0.2, 0) is 19.1 Å². The summed E-state index contributed by atoms with van der Waals surface area (Å²) >= 11 is 0. The zero-order valence-electron chi connectivity index (χ0n) is 21.9. The Kier molecular flexibility index (Phi) is 11.2. The van der Waals surface area contributed by atoms with Gasteiger partial charge in [0.15, 0.2) is 0 Å². The number of benzene rings is 1. The molecule has 1 aromatic carbocycles. The molecule has 0 saturated carbocycles. The van der Waals surface area contributed by atoms with Gasteiger partial charge < -0.3 is 29.7 Å². The molecule has 3 amide bonds. The maximum atomic E-state index is 13.2. The van der Waals surface area contributed by atoms with Crippen LogP contribution < -0.4 is 10.1 Å². The molecule has 0 aliphatic carbocycles. The van der Waals surface area contributed by atoms with Crippen molar-refractivity contribution >= 4 is 23.9 Å². The summed E-state index contributed by atoms with van der Waals surface area (Å²) in [5.41, 5.74) is 0.689. The molecule has 0 aromatic heterocycles. The zero-order valence-corrected chi connectivity index (χ0v) is 21.9. The Bertz CT molecular complexity index is 950. The lowest BCUT2D eigenvalue weighted by Gasteiger charge is -2.34. The van der Waals surface area contributed by atoms with Crippen molar-refractivity contribution in [3.8, 4) is 5.75 Å². The molecule has 2 atom stereocenters. The number of ether oxygens (including phenoxy) is 2. The van der Waals surface area contributed by atoms with Crippen molar-refractivity contribution in [2.24, 2.45) is 11.8 Å². The minimum absolute atomic E-state index is 0.0122. The Labute approximate surface area is 222 Å². The van der Waals surface area contributed by atoms with E-state index in [-0.39, 0.29) is 30.8 Å². The summed E-state index contributed by atoms with van der Waals surface area (Å²) in [7, 11) is 1.29. The highest BCUT2D eigenvalue weighted by atomic mass is 19.1. The van der Waals surface area contributed by atoms with Crippen molar-refractivity contribution in [1.29, 1.82) is 0 Å². The summed E-state index contributed by atoms with van der Waals surface area (Å²) in [6, 6.07) is 6.15. The van der Waals surface area contributed by atoms with Crippen molar-refractivity contribution in [2.45, 2.75) is 51.0 Å². The van der Waals surface area contributed by atoms with Gasteiger partial charge in [-0.3, -0.25) is 14.4 Å². The summed E-state index contributed by atoms with van der Waals surface area (Å²) in [4.78, 5) is 52.4. The van der Waals surface area contributed by atoms with Gasteiger partial charge in [-0.05, 0) is 55.7 Å². The van der Waals surface area contributed by atoms with Gasteiger partial charge in [0.1, 0.15) is 19.0 Å². The number of esters is 1. The lowest BCUT2D eigenvalue weighted by atomic mass is 9.91. The monoisotopic (exact) mass is 535 g/mol. The second-order valence-corrected chi connectivity index (χ2v) is 9.88. The Morgan fingerprint density at radius 1 is 1.08 bits per heavy atom. The fourth-order valence-corrected chi connectivity index (χ4v) is 5.06. The van der Waals surface area contributed by atoms with Gasteiger partial charge in [0, 0.05) is 32.6 Å². The summed E-state index contributed by atoms with van der Waals surface area (Å²) in [6.45, 7) is 1.27. The van der Waals surface area contributed by atoms with Crippen molar-refractivity contribution in [1.82, 2.24) is 15.1 Å². The minimum Gasteiger partial charge on any atom is -0.491 e. The number of hydrogen-bond donors (Lipinski definition) is 2. The molecule has 2 saturated heterocycles. The van der Waals surface area contributed by atoms with Crippen LogP contribution in [0.2, 0.25) is 0 Å². The van der Waals surface area contributed by atoms with Crippen LogP contribution in [0.4, 0.5) is 9.18 Å². The first-order valence-electron chi connectivity index (χ1n) is 13.2. The van der Waals surface area contributed by atoms with E-state index in [4.69, 9.17) is 14.6 Å². The highest BCUT2D eigenvalue weighted by molar-refractivity contribution is 5.82. The van der Waals surface area contributed by atoms with Crippen LogP contribution in [0.5, 0.6) is 5.75 Å². The molecular formula is C27H38FN3O7. The summed E-state index contributed by atoms with van der Waals surface area (Å²) in [5.74, 6) is -0.260. The summed E-state index contributed by atoms with van der Waals surface area (Å²) in [6.07, 6.45) is 3.02. The number of hydrogen-bond acceptors (Lipinski definition) is 6. The molecule has 2 aliphatic rings. The molecule has 38 heavy (non-hydrogen) atoms. The molecule has 2 heterocycles. The van der Waals surface area contributed by atoms with E-state index in [2.05, 4.69) is 5.32 Å². The standard InChI is InChI=1S/C27H38FN3O7/c1-37-25(33)17-23(20-5-7-22(8-6-20)38-16-12-28)29-26(34)21-3-2-13-31(18-21)24(32)9-4-19-10-14-30(15-11-19)27(35)36/h5-8,19,21,23H,2-4,9-18H2,1H3,(H,29,34)(H,35,36)/t21-,23?/m1/s1. The van der Waals surface area contributed by atoms with Crippen LogP contribution in [-0.4, -0.2) is 85.4 Å². The van der Waals surface area contributed by atoms with Crippen LogP contribution in [0, 0.1) is 11.8 Å². The molecule has 2 fully saturated rings. The van der Waals surface area contributed by atoms with Gasteiger partial charge in [-0.1, -0.05) is 12.1 Å². The van der Waals surface area contributed by atoms with E-state index in [9.17, 15) is 23.6 Å². The molecule has 11 heteroatoms. The van der Waals surface area contributed by atoms with Gasteiger partial charge in [0.25, 0.3) is 0 Å². The van der Waals surface area contributed by atoms with Crippen molar-refractivity contribution in [2.75, 3.05) is 46.6 Å². The Morgan fingerprint density at radius 2 is 1.79 bits per heavy atom. The van der Waals surface area contributed by atoms with Crippen molar-refractivity contribution in [3.63, 3.8) is 0 Å². The first-order valence-corrected chi connectivity index (χ1v) is 13.2. The van der Waals surface area contributed by atoms with Crippen LogP contribution in [0.3, 0.4) is 0 Å². The first-order chi connectivity index (χ1) is 18.3. The molecular weight excluding hydrogens is 497 g/mol. The second-order valence-electron chi connectivity index (χ2n) is 9.88. The Balaban J connectivity index is 1.53. The number of nitrogens with zero attached hydrogens (tertiary/aromatic N) is 2. The third kappa shape index (κ3) is 8.59. The summed E-state index contributed by atoms with van der Waals surface area (Å²) in [5, 5.41) is 12.0. The number of methoxy groups -OCH3 is 1. The average molecular weight is 536 g/mol. The van der Waals surface area contributed by atoms with Gasteiger partial charge in [0.05, 0.1) is 25.5 Å². The van der Waals surface area contributed by atoms with Gasteiger partial charge in [0.2, 0.25) is 11.8 Å². The van der Waals surface area contributed by atoms with E-state index < -0.39 is 24.8 Å². The van der Waals surface area contributed by atoms with Crippen LogP contribution >= 0.6 is 0 Å². The number of carboxylic acid groups (broad SMARTS) is 1. The molecule has 0 bridgehead atoms. The molecule has 2 N–H and O–H groups in total. The van der Waals surface area contributed by atoms with E-state index in [0.717, 1.165) is 12.8 Å². The third-order valence-corrected chi connectivity index (χ3v) is 7.34. The lowest BCUT2D eigenvalue weighted by Crippen LogP contribution is -2.46. The fraction of sp³-hybridized carbons (Fsp3) is 0.630. The number of nitrogens with one attached hydrogen (secondary N) is 1. The Morgan fingerprint density at radius 3 is 2.42 bits per heavy atom. The number of carbonyl (C=O) groups is 4. The average Bonchev–Trinajstić information content (AvgIpc) is 2.94. The van der Waals surface area contributed by atoms with Gasteiger partial charge in [-0.2, -0.15) is 0 Å². The molecule has 2 aliphatic heterocycles. The highest BCUT2D eigenvalue weighted by Crippen LogP contribution is 2.26. The van der Waals surface area contributed by atoms with E-state index in [0.29, 0.717) is 69.1 Å². The molecule has 0 radical (unpaired) electrons. The molecule has 1 aromatic rings. The maximum Gasteiger partial charge on any atom is 0.407 e. The molecule has 10 nitrogen and oxygen atoms in total. The predicted molar refractivity (Wildman–Crippen MR) is 136 cm³/mol. The smallest absolute Gasteiger partial charge is 0.407 e. The van der Waals surface area contributed by atoms with Gasteiger partial charge in [-0.25, -0.2) is 9.18 Å². The lowest BCUT2D eigenvalue weighted by molar-refractivity contribution is -0.141. The van der Waals surface area contributed by atoms with Gasteiger partial charge >= 0.3 is 12.1 Å². The number of likely N-dealkylation sites (tertiary alicyclic amines) is 2. The second kappa shape index (κ2) is 14.5. The number of amides is 3. The number of rotatable bonds is 11. The predicted octanol–water partition coefficient (Wildman–Crippen LogP) is 3.16. The summed E-state index contributed by atoms with van der Waals surface area (Å²) < 4.78 is 22.4. The van der Waals surface area contributed by atoms with E-state index in [1.54, 1.807) is 29.2 Å². The number of piperidine rings is 2. The minimum atomic E-state index is -0.898. The maximum absolute atomic E-state index is 13.2. The zero-order chi connectivity index (χ0) is 27.5. The number of alkyl halides is 1. The topological polar surface area (TPSA) is 125 Å². The molecule has 210 valence electrons. The highest BCUT2D eigenvalue weighted by Gasteiger charge is 2.31. The van der Waals surface area contributed by atoms with E-state index >= 15 is 0 Å². The quantitative estimate of drug-likeness (QED) is 0.417. The number of halogens is 1. The fourth-order valence-electron chi connectivity index (χ4n) is 5.06. The van der Waals surface area contributed by atoms with Crippen LogP contribution in [0.25, 0.3) is 0 Å². The molecule has 1 unspecified atom stereocenters. The van der Waals surface area contributed by atoms with E-state index in [1.807, 2.05) is 0 Å². The van der Waals surface area contributed by atoms with Crippen molar-refractivity contribution < 1.29 is 38.1 Å². The largest absolute Gasteiger partial charge is 0.491 e. The van der Waals surface area contributed by atoms with Gasteiger partial charge in [-0.15, -0.1) is 0 Å². The Hall–Kier alpha value is -3.37. The first kappa shape index (κ1) is 29.2. The number of carbonyl (C=O) groups excluding carboxylic acids is 3. The van der Waals surface area contributed by atoms with Crippen LogP contribution in [0.1, 0.15) is 56.6 Å². The third-order valence-electron chi connectivity index (χ3n) is 7.34. The van der Waals surface area contributed by atoms with Crippen molar-refractivity contribution in [3.05, 3.63) is 29.8 Å². The SMILES string of the molecule is COC(=O)CC(NC(=O)[C@@H]1CCCN(C(=O)CCC2CCN(C(=O)O)CC2)C1)c1ccc(OCCF)cc1.